The predicted molar refractivity (Wildman–Crippen MR) is 68.9 cm³/mol. The zero-order valence-electron chi connectivity index (χ0n) is 10.0. The number of hydrogen-bond donors (Lipinski definition) is 0. The van der Waals surface area contributed by atoms with E-state index in [9.17, 15) is 0 Å². The van der Waals surface area contributed by atoms with Gasteiger partial charge in [0.25, 0.3) is 0 Å². The molecule has 0 bridgehead atoms. The second kappa shape index (κ2) is 9.20. The van der Waals surface area contributed by atoms with Gasteiger partial charge in [0.2, 0.25) is 0 Å². The quantitative estimate of drug-likeness (QED) is 0.688. The largest absolute Gasteiger partial charge is 0.264 e. The highest BCUT2D eigenvalue weighted by atomic mass is 14.6. The molecule has 0 unspecified atom stereocenters. The molecule has 0 atom stereocenters. The van der Waals surface area contributed by atoms with E-state index in [4.69, 9.17) is 0 Å². The Morgan fingerprint density at radius 2 is 2.07 bits per heavy atom. The first-order valence-electron chi connectivity index (χ1n) is 5.58. The van der Waals surface area contributed by atoms with Crippen LogP contribution in [0.3, 0.4) is 0 Å². The minimum absolute atomic E-state index is 0.973. The Hall–Kier alpha value is -1.37. The van der Waals surface area contributed by atoms with Gasteiger partial charge >= 0.3 is 0 Å². The first kappa shape index (κ1) is 13.6. The van der Waals surface area contributed by atoms with Crippen LogP contribution in [0.15, 0.2) is 30.6 Å². The molecule has 0 N–H and O–H groups in total. The monoisotopic (exact) mass is 203 g/mol. The van der Waals surface area contributed by atoms with Gasteiger partial charge in [-0.25, -0.2) is 0 Å². The Kier molecular flexibility index (Phi) is 8.36. The Morgan fingerprint density at radius 1 is 1.33 bits per heavy atom. The number of allylic oxidation sites excluding steroid dienone is 2. The Morgan fingerprint density at radius 3 is 2.67 bits per heavy atom. The molecule has 0 aliphatic carbocycles. The van der Waals surface area contributed by atoms with E-state index < -0.39 is 0 Å². The molecule has 0 aliphatic heterocycles. The first-order chi connectivity index (χ1) is 7.34. The van der Waals surface area contributed by atoms with E-state index in [1.165, 1.54) is 5.22 Å². The molecule has 1 heterocycles. The SMILES string of the molecule is C=c1cncc/c1=C/C/C=C\CC.CC. The number of aromatic nitrogens is 1. The first-order valence-corrected chi connectivity index (χ1v) is 5.58. The third kappa shape index (κ3) is 5.84. The lowest BCUT2D eigenvalue weighted by Gasteiger charge is -1.86. The second-order valence-corrected chi connectivity index (χ2v) is 2.89. The van der Waals surface area contributed by atoms with E-state index >= 15 is 0 Å². The van der Waals surface area contributed by atoms with E-state index in [0.29, 0.717) is 0 Å². The van der Waals surface area contributed by atoms with Crippen LogP contribution in [-0.4, -0.2) is 4.98 Å². The molecule has 0 aromatic carbocycles. The van der Waals surface area contributed by atoms with Crippen molar-refractivity contribution in [3.63, 3.8) is 0 Å². The van der Waals surface area contributed by atoms with E-state index in [1.54, 1.807) is 12.4 Å². The molecule has 1 nitrogen and oxygen atoms in total. The molecule has 0 radical (unpaired) electrons. The summed E-state index contributed by atoms with van der Waals surface area (Å²) < 4.78 is 0. The van der Waals surface area contributed by atoms with Crippen molar-refractivity contribution in [2.75, 3.05) is 0 Å². The number of hydrogen-bond acceptors (Lipinski definition) is 1. The summed E-state index contributed by atoms with van der Waals surface area (Å²) in [6.45, 7) is 10.0. The smallest absolute Gasteiger partial charge is 0.0340 e. The molecule has 0 spiro atoms. The lowest BCUT2D eigenvalue weighted by Crippen LogP contribution is -2.22. The van der Waals surface area contributed by atoms with Crippen LogP contribution in [0.5, 0.6) is 0 Å². The van der Waals surface area contributed by atoms with Crippen molar-refractivity contribution in [1.29, 1.82) is 0 Å². The third-order valence-electron chi connectivity index (χ3n) is 1.82. The molecule has 1 aromatic heterocycles. The summed E-state index contributed by atoms with van der Waals surface area (Å²) in [6, 6.07) is 1.99. The minimum atomic E-state index is 0.973. The maximum atomic E-state index is 3.99. The van der Waals surface area contributed by atoms with Crippen LogP contribution in [-0.2, 0) is 0 Å². The van der Waals surface area contributed by atoms with Gasteiger partial charge in [-0.15, -0.1) is 0 Å². The van der Waals surface area contributed by atoms with Crippen LogP contribution in [0.2, 0.25) is 0 Å². The fraction of sp³-hybridized carbons (Fsp3) is 0.357. The summed E-state index contributed by atoms with van der Waals surface area (Å²) >= 11 is 0. The lowest BCUT2D eigenvalue weighted by molar-refractivity contribution is 1.20. The van der Waals surface area contributed by atoms with Crippen molar-refractivity contribution >= 4 is 12.7 Å². The van der Waals surface area contributed by atoms with Crippen LogP contribution < -0.4 is 10.4 Å². The van der Waals surface area contributed by atoms with Crippen molar-refractivity contribution < 1.29 is 0 Å². The molecule has 0 saturated heterocycles. The average molecular weight is 203 g/mol. The Balaban J connectivity index is 0.000000921. The fourth-order valence-corrected chi connectivity index (χ4v) is 1.09. The topological polar surface area (TPSA) is 12.9 Å². The van der Waals surface area contributed by atoms with E-state index in [2.05, 4.69) is 36.7 Å². The molecule has 1 aromatic rings. The van der Waals surface area contributed by atoms with E-state index in [0.717, 1.165) is 18.1 Å². The molecule has 0 amide bonds. The minimum Gasteiger partial charge on any atom is -0.264 e. The van der Waals surface area contributed by atoms with Crippen LogP contribution in [0.1, 0.15) is 33.6 Å². The molecular formula is C14H21N. The molecule has 1 heteroatoms. The van der Waals surface area contributed by atoms with E-state index in [-0.39, 0.29) is 0 Å². The summed E-state index contributed by atoms with van der Waals surface area (Å²) in [5.74, 6) is 0. The fourth-order valence-electron chi connectivity index (χ4n) is 1.09. The lowest BCUT2D eigenvalue weighted by atomic mass is 10.2. The Labute approximate surface area is 92.9 Å². The standard InChI is InChI=1S/C12H15N.C2H6/c1-3-4-5-6-7-12-8-9-13-10-11(12)2;1-2/h4-5,7-10H,2-3,6H2,1H3;1-2H3/b5-4-,12-7-;. The zero-order chi connectivity index (χ0) is 11.5. The maximum absolute atomic E-state index is 3.99. The third-order valence-corrected chi connectivity index (χ3v) is 1.82. The molecular weight excluding hydrogens is 182 g/mol. The summed E-state index contributed by atoms with van der Waals surface area (Å²) in [4.78, 5) is 3.99. The summed E-state index contributed by atoms with van der Waals surface area (Å²) in [5.41, 5.74) is 0. The summed E-state index contributed by atoms with van der Waals surface area (Å²) in [6.07, 6.45) is 12.2. The zero-order valence-corrected chi connectivity index (χ0v) is 10.0. The molecule has 82 valence electrons. The van der Waals surface area contributed by atoms with Crippen molar-refractivity contribution in [2.45, 2.75) is 33.6 Å². The normalized spacial score (nSPS) is 11.3. The van der Waals surface area contributed by atoms with Crippen molar-refractivity contribution in [3.8, 4) is 0 Å². The molecule has 0 saturated carbocycles. The van der Waals surface area contributed by atoms with Gasteiger partial charge in [0.1, 0.15) is 0 Å². The van der Waals surface area contributed by atoms with Crippen LogP contribution >= 0.6 is 0 Å². The van der Waals surface area contributed by atoms with Crippen molar-refractivity contribution in [2.24, 2.45) is 0 Å². The van der Waals surface area contributed by atoms with Gasteiger partial charge in [-0.3, -0.25) is 4.98 Å². The van der Waals surface area contributed by atoms with Gasteiger partial charge < -0.3 is 0 Å². The summed E-state index contributed by atoms with van der Waals surface area (Å²) in [7, 11) is 0. The van der Waals surface area contributed by atoms with Crippen molar-refractivity contribution in [1.82, 2.24) is 4.98 Å². The predicted octanol–water partition coefficient (Wildman–Crippen LogP) is 2.65. The molecule has 0 fully saturated rings. The number of nitrogens with zero attached hydrogens (tertiary/aromatic N) is 1. The Bertz CT molecular complexity index is 377. The maximum Gasteiger partial charge on any atom is 0.0340 e. The molecule has 1 rings (SSSR count). The van der Waals surface area contributed by atoms with Gasteiger partial charge in [-0.05, 0) is 29.3 Å². The van der Waals surface area contributed by atoms with Gasteiger partial charge in [0.05, 0.1) is 0 Å². The highest BCUT2D eigenvalue weighted by Gasteiger charge is 1.79. The summed E-state index contributed by atoms with van der Waals surface area (Å²) in [5, 5.41) is 2.17. The van der Waals surface area contributed by atoms with Gasteiger partial charge in [-0.1, -0.05) is 45.6 Å². The average Bonchev–Trinajstić information content (AvgIpc) is 2.29. The highest BCUT2D eigenvalue weighted by molar-refractivity contribution is 5.26. The van der Waals surface area contributed by atoms with Crippen LogP contribution in [0.25, 0.3) is 12.7 Å². The van der Waals surface area contributed by atoms with Crippen molar-refractivity contribution in [3.05, 3.63) is 41.0 Å². The molecule has 0 aliphatic rings. The van der Waals surface area contributed by atoms with Crippen LogP contribution in [0.4, 0.5) is 0 Å². The van der Waals surface area contributed by atoms with E-state index in [1.807, 2.05) is 19.9 Å². The second-order valence-electron chi connectivity index (χ2n) is 2.89. The number of pyridine rings is 1. The highest BCUT2D eigenvalue weighted by Crippen LogP contribution is 1.86. The van der Waals surface area contributed by atoms with Gasteiger partial charge in [0.15, 0.2) is 0 Å². The van der Waals surface area contributed by atoms with Crippen LogP contribution in [0, 0.1) is 0 Å². The van der Waals surface area contributed by atoms with Gasteiger partial charge in [0, 0.05) is 12.4 Å². The number of rotatable bonds is 3. The van der Waals surface area contributed by atoms with Gasteiger partial charge in [-0.2, -0.15) is 0 Å². The molecule has 15 heavy (non-hydrogen) atoms.